The number of halogens is 2. The molecule has 78 valence electrons. The number of hydrogen-bond acceptors (Lipinski definition) is 2. The Balaban J connectivity index is 2.70. The van der Waals surface area contributed by atoms with E-state index in [1.807, 2.05) is 0 Å². The number of thiophene rings is 1. The first kappa shape index (κ1) is 10.0. The molecule has 0 atom stereocenters. The van der Waals surface area contributed by atoms with Crippen molar-refractivity contribution in [3.05, 3.63) is 34.5 Å². The Morgan fingerprint density at radius 2 is 2.20 bits per heavy atom. The standard InChI is InChI=1S/C10H6F2O2S/c11-4-5-1-2-6-7(3-5)15-9(8(6)12)10(13)14/h1-3H,4H2,(H,13,14). The Morgan fingerprint density at radius 3 is 2.80 bits per heavy atom. The Bertz CT molecular complexity index is 533. The van der Waals surface area contributed by atoms with Gasteiger partial charge in [0.1, 0.15) is 11.6 Å². The van der Waals surface area contributed by atoms with E-state index in [-0.39, 0.29) is 10.3 Å². The zero-order valence-electron chi connectivity index (χ0n) is 7.46. The molecule has 0 unspecified atom stereocenters. The van der Waals surface area contributed by atoms with E-state index >= 15 is 0 Å². The molecule has 0 radical (unpaired) electrons. The van der Waals surface area contributed by atoms with Crippen molar-refractivity contribution >= 4 is 27.4 Å². The summed E-state index contributed by atoms with van der Waals surface area (Å²) in [7, 11) is 0. The molecule has 1 heterocycles. The van der Waals surface area contributed by atoms with Gasteiger partial charge in [0.05, 0.1) is 0 Å². The zero-order valence-corrected chi connectivity index (χ0v) is 8.28. The molecule has 2 rings (SSSR count). The van der Waals surface area contributed by atoms with Gasteiger partial charge in [-0.1, -0.05) is 12.1 Å². The van der Waals surface area contributed by atoms with E-state index in [9.17, 15) is 13.6 Å². The molecular formula is C10H6F2O2S. The van der Waals surface area contributed by atoms with E-state index in [0.717, 1.165) is 11.3 Å². The van der Waals surface area contributed by atoms with Crippen LogP contribution in [0.3, 0.4) is 0 Å². The maximum atomic E-state index is 13.5. The third-order valence-electron chi connectivity index (χ3n) is 2.04. The minimum absolute atomic E-state index is 0.231. The summed E-state index contributed by atoms with van der Waals surface area (Å²) in [6.45, 7) is -0.641. The minimum Gasteiger partial charge on any atom is -0.477 e. The van der Waals surface area contributed by atoms with Crippen LogP contribution in [0.4, 0.5) is 8.78 Å². The van der Waals surface area contributed by atoms with Gasteiger partial charge in [-0.15, -0.1) is 11.3 Å². The molecule has 2 nitrogen and oxygen atoms in total. The molecule has 0 aliphatic rings. The minimum atomic E-state index is -1.30. The highest BCUT2D eigenvalue weighted by Gasteiger charge is 2.17. The van der Waals surface area contributed by atoms with Gasteiger partial charge in [0, 0.05) is 10.1 Å². The molecule has 0 fully saturated rings. The van der Waals surface area contributed by atoms with Crippen molar-refractivity contribution in [1.82, 2.24) is 0 Å². The second-order valence-electron chi connectivity index (χ2n) is 3.01. The molecule has 1 aromatic carbocycles. The number of aromatic carboxylic acids is 1. The number of carboxylic acid groups (broad SMARTS) is 1. The van der Waals surface area contributed by atoms with Crippen LogP contribution < -0.4 is 0 Å². The zero-order chi connectivity index (χ0) is 11.0. The van der Waals surface area contributed by atoms with Crippen LogP contribution >= 0.6 is 11.3 Å². The van der Waals surface area contributed by atoms with Gasteiger partial charge < -0.3 is 5.11 Å². The molecule has 0 saturated carbocycles. The lowest BCUT2D eigenvalue weighted by Crippen LogP contribution is -1.94. The lowest BCUT2D eigenvalue weighted by Gasteiger charge is -1.93. The lowest BCUT2D eigenvalue weighted by molar-refractivity contribution is 0.0698. The van der Waals surface area contributed by atoms with Crippen molar-refractivity contribution in [3.63, 3.8) is 0 Å². The lowest BCUT2D eigenvalue weighted by atomic mass is 10.2. The van der Waals surface area contributed by atoms with Gasteiger partial charge >= 0.3 is 5.97 Å². The fourth-order valence-corrected chi connectivity index (χ4v) is 2.31. The molecule has 2 aromatic rings. The van der Waals surface area contributed by atoms with Crippen molar-refractivity contribution in [2.45, 2.75) is 6.67 Å². The van der Waals surface area contributed by atoms with Gasteiger partial charge in [0.25, 0.3) is 0 Å². The van der Waals surface area contributed by atoms with Crippen molar-refractivity contribution in [3.8, 4) is 0 Å². The van der Waals surface area contributed by atoms with Gasteiger partial charge in [-0.25, -0.2) is 13.6 Å². The number of benzene rings is 1. The van der Waals surface area contributed by atoms with E-state index in [1.165, 1.54) is 18.2 Å². The fraction of sp³-hybridized carbons (Fsp3) is 0.100. The van der Waals surface area contributed by atoms with Crippen LogP contribution in [0.25, 0.3) is 10.1 Å². The molecule has 0 saturated heterocycles. The molecule has 1 aromatic heterocycles. The first-order valence-corrected chi connectivity index (χ1v) is 4.95. The Labute approximate surface area is 87.8 Å². The summed E-state index contributed by atoms with van der Waals surface area (Å²) in [5, 5.41) is 8.92. The van der Waals surface area contributed by atoms with Crippen LogP contribution in [0.5, 0.6) is 0 Å². The summed E-state index contributed by atoms with van der Waals surface area (Å²) in [6.07, 6.45) is 0. The highest BCUT2D eigenvalue weighted by atomic mass is 32.1. The van der Waals surface area contributed by atoms with Gasteiger partial charge in [-0.2, -0.15) is 0 Å². The van der Waals surface area contributed by atoms with Crippen LogP contribution in [-0.4, -0.2) is 11.1 Å². The van der Waals surface area contributed by atoms with Crippen molar-refractivity contribution in [2.75, 3.05) is 0 Å². The van der Waals surface area contributed by atoms with Gasteiger partial charge in [-0.3, -0.25) is 0 Å². The fourth-order valence-electron chi connectivity index (χ4n) is 1.33. The summed E-state index contributed by atoms with van der Waals surface area (Å²) in [6, 6.07) is 4.32. The third-order valence-corrected chi connectivity index (χ3v) is 3.16. The van der Waals surface area contributed by atoms with Crippen LogP contribution in [-0.2, 0) is 6.67 Å². The molecule has 15 heavy (non-hydrogen) atoms. The molecule has 1 N–H and O–H groups in total. The second-order valence-corrected chi connectivity index (χ2v) is 4.07. The summed E-state index contributed by atoms with van der Waals surface area (Å²) < 4.78 is 26.2. The van der Waals surface area contributed by atoms with E-state index < -0.39 is 18.5 Å². The Kier molecular flexibility index (Phi) is 2.40. The molecule has 0 spiro atoms. The number of carbonyl (C=O) groups is 1. The average molecular weight is 228 g/mol. The van der Waals surface area contributed by atoms with E-state index in [2.05, 4.69) is 0 Å². The molecule has 0 aliphatic heterocycles. The Morgan fingerprint density at radius 1 is 1.47 bits per heavy atom. The smallest absolute Gasteiger partial charge is 0.348 e. The average Bonchev–Trinajstić information content (AvgIpc) is 2.55. The van der Waals surface area contributed by atoms with Gasteiger partial charge in [0.2, 0.25) is 0 Å². The van der Waals surface area contributed by atoms with Crippen molar-refractivity contribution in [1.29, 1.82) is 0 Å². The second kappa shape index (κ2) is 3.58. The van der Waals surface area contributed by atoms with Gasteiger partial charge in [-0.05, 0) is 11.6 Å². The first-order valence-electron chi connectivity index (χ1n) is 4.13. The molecule has 5 heteroatoms. The van der Waals surface area contributed by atoms with E-state index in [0.29, 0.717) is 10.3 Å². The van der Waals surface area contributed by atoms with E-state index in [1.54, 1.807) is 0 Å². The highest BCUT2D eigenvalue weighted by Crippen LogP contribution is 2.30. The maximum Gasteiger partial charge on any atom is 0.348 e. The summed E-state index contributed by atoms with van der Waals surface area (Å²) in [4.78, 5) is 10.3. The van der Waals surface area contributed by atoms with Crippen molar-refractivity contribution in [2.24, 2.45) is 0 Å². The maximum absolute atomic E-state index is 13.5. The summed E-state index contributed by atoms with van der Waals surface area (Å²) in [5.74, 6) is -2.04. The van der Waals surface area contributed by atoms with Crippen LogP contribution in [0.1, 0.15) is 15.2 Å². The number of alkyl halides is 1. The van der Waals surface area contributed by atoms with Crippen LogP contribution in [0.2, 0.25) is 0 Å². The largest absolute Gasteiger partial charge is 0.477 e. The number of carboxylic acids is 1. The summed E-state index contributed by atoms with van der Waals surface area (Å²) >= 11 is 0.820. The quantitative estimate of drug-likeness (QED) is 0.856. The third kappa shape index (κ3) is 1.59. The monoisotopic (exact) mass is 228 g/mol. The van der Waals surface area contributed by atoms with Gasteiger partial charge in [0.15, 0.2) is 5.82 Å². The van der Waals surface area contributed by atoms with Crippen LogP contribution in [0.15, 0.2) is 18.2 Å². The first-order chi connectivity index (χ1) is 7.13. The normalized spacial score (nSPS) is 10.8. The predicted octanol–water partition coefficient (Wildman–Crippen LogP) is 3.21. The van der Waals surface area contributed by atoms with Crippen molar-refractivity contribution < 1.29 is 18.7 Å². The molecule has 0 aliphatic carbocycles. The highest BCUT2D eigenvalue weighted by molar-refractivity contribution is 7.20. The number of rotatable bonds is 2. The molecule has 0 bridgehead atoms. The summed E-state index contributed by atoms with van der Waals surface area (Å²) in [5.41, 5.74) is 0.417. The Hall–Kier alpha value is -1.49. The number of fused-ring (bicyclic) bond motifs is 1. The van der Waals surface area contributed by atoms with Crippen LogP contribution in [0, 0.1) is 5.82 Å². The topological polar surface area (TPSA) is 37.3 Å². The molecule has 0 amide bonds. The SMILES string of the molecule is O=C(O)c1sc2cc(CF)ccc2c1F. The predicted molar refractivity (Wildman–Crippen MR) is 53.6 cm³/mol. The van der Waals surface area contributed by atoms with E-state index in [4.69, 9.17) is 5.11 Å². The molecular weight excluding hydrogens is 222 g/mol. The number of hydrogen-bond donors (Lipinski definition) is 1.